The highest BCUT2D eigenvalue weighted by Crippen LogP contribution is 2.33. The van der Waals surface area contributed by atoms with Gasteiger partial charge in [0.25, 0.3) is 17.4 Å². The first-order valence-corrected chi connectivity index (χ1v) is 7.66. The van der Waals surface area contributed by atoms with Gasteiger partial charge in [-0.3, -0.25) is 25.2 Å². The summed E-state index contributed by atoms with van der Waals surface area (Å²) < 4.78 is 5.55. The average Bonchev–Trinajstić information content (AvgIpc) is 2.54. The van der Waals surface area contributed by atoms with E-state index in [4.69, 9.17) is 4.74 Å². The maximum atomic E-state index is 12.3. The first kappa shape index (κ1) is 16.8. The molecule has 1 aromatic carbocycles. The van der Waals surface area contributed by atoms with Crippen molar-refractivity contribution in [3.8, 4) is 5.75 Å². The molecule has 7 nitrogen and oxygen atoms in total. The van der Waals surface area contributed by atoms with Crippen LogP contribution in [0, 0.1) is 0 Å². The van der Waals surface area contributed by atoms with Crippen LogP contribution in [-0.4, -0.2) is 23.3 Å². The summed E-state index contributed by atoms with van der Waals surface area (Å²) in [6.07, 6.45) is 3.02. The number of fused-ring (bicyclic) bond motifs is 1. The number of ether oxygens (including phenoxy) is 1. The SMILES string of the molecule is CCCCCC(=O)NNC(=O)C1(C)Oc2ccccc2NC1=O. The Morgan fingerprint density at radius 3 is 2.70 bits per heavy atom. The molecule has 1 unspecified atom stereocenters. The van der Waals surface area contributed by atoms with Crippen LogP contribution in [0.1, 0.15) is 39.5 Å². The molecular weight excluding hydrogens is 298 g/mol. The van der Waals surface area contributed by atoms with Gasteiger partial charge in [0, 0.05) is 6.42 Å². The van der Waals surface area contributed by atoms with Gasteiger partial charge in [0.15, 0.2) is 0 Å². The van der Waals surface area contributed by atoms with Gasteiger partial charge in [0.05, 0.1) is 5.69 Å². The third-order valence-corrected chi connectivity index (χ3v) is 3.64. The molecule has 1 heterocycles. The topological polar surface area (TPSA) is 96.5 Å². The van der Waals surface area contributed by atoms with Crippen molar-refractivity contribution in [3.05, 3.63) is 24.3 Å². The van der Waals surface area contributed by atoms with E-state index in [9.17, 15) is 14.4 Å². The molecule has 0 spiro atoms. The summed E-state index contributed by atoms with van der Waals surface area (Å²) >= 11 is 0. The van der Waals surface area contributed by atoms with E-state index >= 15 is 0 Å². The number of amides is 3. The number of nitrogens with one attached hydrogen (secondary N) is 3. The Hall–Kier alpha value is -2.57. The highest BCUT2D eigenvalue weighted by Gasteiger charge is 2.47. The van der Waals surface area contributed by atoms with Gasteiger partial charge in [0.1, 0.15) is 5.75 Å². The van der Waals surface area contributed by atoms with Crippen molar-refractivity contribution in [1.82, 2.24) is 10.9 Å². The summed E-state index contributed by atoms with van der Waals surface area (Å²) in [7, 11) is 0. The van der Waals surface area contributed by atoms with E-state index in [2.05, 4.69) is 16.2 Å². The molecule has 124 valence electrons. The zero-order valence-corrected chi connectivity index (χ0v) is 13.3. The average molecular weight is 319 g/mol. The number of unbranched alkanes of at least 4 members (excludes halogenated alkanes) is 2. The Morgan fingerprint density at radius 2 is 1.96 bits per heavy atom. The second kappa shape index (κ2) is 7.13. The summed E-state index contributed by atoms with van der Waals surface area (Å²) in [4.78, 5) is 36.1. The van der Waals surface area contributed by atoms with Gasteiger partial charge < -0.3 is 10.1 Å². The predicted octanol–water partition coefficient (Wildman–Crippen LogP) is 1.50. The molecule has 0 fully saturated rings. The van der Waals surface area contributed by atoms with E-state index in [0.29, 0.717) is 17.9 Å². The van der Waals surface area contributed by atoms with Crippen LogP contribution in [0.15, 0.2) is 24.3 Å². The van der Waals surface area contributed by atoms with Crippen LogP contribution < -0.4 is 20.9 Å². The van der Waals surface area contributed by atoms with Crippen LogP contribution in [0.25, 0.3) is 0 Å². The molecular formula is C16H21N3O4. The van der Waals surface area contributed by atoms with E-state index in [-0.39, 0.29) is 5.91 Å². The molecule has 0 saturated heterocycles. The number of carbonyl (C=O) groups excluding carboxylic acids is 3. The third kappa shape index (κ3) is 3.80. The van der Waals surface area contributed by atoms with Gasteiger partial charge >= 0.3 is 0 Å². The van der Waals surface area contributed by atoms with Crippen molar-refractivity contribution >= 4 is 23.4 Å². The van der Waals surface area contributed by atoms with E-state index in [1.54, 1.807) is 24.3 Å². The first-order chi connectivity index (χ1) is 11.0. The molecule has 1 aliphatic heterocycles. The molecule has 1 aromatic rings. The van der Waals surface area contributed by atoms with Crippen LogP contribution in [0.3, 0.4) is 0 Å². The molecule has 0 bridgehead atoms. The Balaban J connectivity index is 1.96. The summed E-state index contributed by atoms with van der Waals surface area (Å²) in [6.45, 7) is 3.40. The van der Waals surface area contributed by atoms with E-state index < -0.39 is 17.4 Å². The van der Waals surface area contributed by atoms with Gasteiger partial charge in [-0.1, -0.05) is 31.9 Å². The Labute approximate surface area is 134 Å². The van der Waals surface area contributed by atoms with Crippen molar-refractivity contribution in [3.63, 3.8) is 0 Å². The monoisotopic (exact) mass is 319 g/mol. The molecule has 0 saturated carbocycles. The normalized spacial score (nSPS) is 19.1. The third-order valence-electron chi connectivity index (χ3n) is 3.64. The molecule has 2 rings (SSSR count). The fourth-order valence-electron chi connectivity index (χ4n) is 2.16. The summed E-state index contributed by atoms with van der Waals surface area (Å²) in [5.41, 5.74) is 3.33. The Morgan fingerprint density at radius 1 is 1.22 bits per heavy atom. The molecule has 7 heteroatoms. The van der Waals surface area contributed by atoms with Gasteiger partial charge in [-0.2, -0.15) is 0 Å². The van der Waals surface area contributed by atoms with Gasteiger partial charge in [-0.25, -0.2) is 0 Å². The minimum atomic E-state index is -1.74. The lowest BCUT2D eigenvalue weighted by Crippen LogP contribution is -2.61. The maximum Gasteiger partial charge on any atom is 0.292 e. The largest absolute Gasteiger partial charge is 0.465 e. The lowest BCUT2D eigenvalue weighted by atomic mass is 10.0. The van der Waals surface area contributed by atoms with Crippen LogP contribution in [0.2, 0.25) is 0 Å². The standard InChI is InChI=1S/C16H21N3O4/c1-3-4-5-10-13(20)18-19-15(22)16(2)14(21)17-11-8-6-7-9-12(11)23-16/h6-9H,3-5,10H2,1-2H3,(H,17,21)(H,18,20)(H,19,22). The van der Waals surface area contributed by atoms with Crippen molar-refractivity contribution < 1.29 is 19.1 Å². The lowest BCUT2D eigenvalue weighted by Gasteiger charge is -2.33. The molecule has 23 heavy (non-hydrogen) atoms. The van der Waals surface area contributed by atoms with E-state index in [0.717, 1.165) is 19.3 Å². The predicted molar refractivity (Wildman–Crippen MR) is 84.5 cm³/mol. The molecule has 0 radical (unpaired) electrons. The number of benzene rings is 1. The minimum Gasteiger partial charge on any atom is -0.465 e. The van der Waals surface area contributed by atoms with Gasteiger partial charge in [-0.15, -0.1) is 0 Å². The molecule has 0 aliphatic carbocycles. The van der Waals surface area contributed by atoms with Crippen molar-refractivity contribution in [1.29, 1.82) is 0 Å². The summed E-state index contributed by atoms with van der Waals surface area (Å²) in [5.74, 6) is -1.21. The molecule has 3 amide bonds. The number of para-hydroxylation sites is 2. The summed E-state index contributed by atoms with van der Waals surface area (Å²) in [5, 5.41) is 2.62. The number of hydrogen-bond acceptors (Lipinski definition) is 4. The fourth-order valence-corrected chi connectivity index (χ4v) is 2.16. The smallest absolute Gasteiger partial charge is 0.292 e. The van der Waals surface area contributed by atoms with Crippen LogP contribution in [-0.2, 0) is 14.4 Å². The molecule has 1 aliphatic rings. The number of anilines is 1. The van der Waals surface area contributed by atoms with E-state index in [1.165, 1.54) is 6.92 Å². The quantitative estimate of drug-likeness (QED) is 0.435. The number of hydrogen-bond donors (Lipinski definition) is 3. The zero-order valence-electron chi connectivity index (χ0n) is 13.3. The number of rotatable bonds is 5. The van der Waals surface area contributed by atoms with Crippen molar-refractivity contribution in [2.24, 2.45) is 0 Å². The van der Waals surface area contributed by atoms with Crippen LogP contribution >= 0.6 is 0 Å². The zero-order chi connectivity index (χ0) is 16.9. The van der Waals surface area contributed by atoms with Crippen molar-refractivity contribution in [2.75, 3.05) is 5.32 Å². The van der Waals surface area contributed by atoms with Crippen LogP contribution in [0.4, 0.5) is 5.69 Å². The Kier molecular flexibility index (Phi) is 5.20. The molecule has 1 atom stereocenters. The highest BCUT2D eigenvalue weighted by molar-refractivity contribution is 6.15. The first-order valence-electron chi connectivity index (χ1n) is 7.66. The van der Waals surface area contributed by atoms with Crippen LogP contribution in [0.5, 0.6) is 5.75 Å². The van der Waals surface area contributed by atoms with Crippen molar-refractivity contribution in [2.45, 2.75) is 45.1 Å². The van der Waals surface area contributed by atoms with Gasteiger partial charge in [-0.05, 0) is 25.5 Å². The fraction of sp³-hybridized carbons (Fsp3) is 0.438. The number of hydrazine groups is 1. The van der Waals surface area contributed by atoms with E-state index in [1.807, 2.05) is 6.92 Å². The highest BCUT2D eigenvalue weighted by atomic mass is 16.5. The summed E-state index contributed by atoms with van der Waals surface area (Å²) in [6, 6.07) is 6.83. The van der Waals surface area contributed by atoms with Gasteiger partial charge in [0.2, 0.25) is 5.91 Å². The molecule has 3 N–H and O–H groups in total. The maximum absolute atomic E-state index is 12.3. The minimum absolute atomic E-state index is 0.299. The molecule has 0 aromatic heterocycles. The second-order valence-corrected chi connectivity index (χ2v) is 5.55. The Bertz CT molecular complexity index is 617. The lowest BCUT2D eigenvalue weighted by molar-refractivity contribution is -0.148. The second-order valence-electron chi connectivity index (χ2n) is 5.55. The number of carbonyl (C=O) groups is 3.